The maximum atomic E-state index is 10.2. The number of hydrogen-bond donors (Lipinski definition) is 0. The molecule has 0 radical (unpaired) electrons. The van der Waals surface area contributed by atoms with Crippen LogP contribution in [0.3, 0.4) is 0 Å². The van der Waals surface area contributed by atoms with Crippen molar-refractivity contribution >= 4 is 17.7 Å². The fourth-order valence-corrected chi connectivity index (χ4v) is 0.621. The maximum Gasteiger partial charge on any atom is 0.374 e. The Labute approximate surface area is 101 Å². The molecule has 0 aromatic carbocycles. The van der Waals surface area contributed by atoms with Crippen LogP contribution in [-0.2, 0) is 28.6 Å². The Morgan fingerprint density at radius 1 is 0.882 bits per heavy atom. The summed E-state index contributed by atoms with van der Waals surface area (Å²) in [6.45, 7) is 7.90. The SMILES string of the molecule is CCOC(=O)C(C)=O.CCOCCOC(C)=O. The Morgan fingerprint density at radius 2 is 1.47 bits per heavy atom. The first-order valence-corrected chi connectivity index (χ1v) is 5.34. The van der Waals surface area contributed by atoms with E-state index < -0.39 is 11.8 Å². The summed E-state index contributed by atoms with van der Waals surface area (Å²) in [7, 11) is 0. The highest BCUT2D eigenvalue weighted by Gasteiger charge is 2.05. The van der Waals surface area contributed by atoms with Gasteiger partial charge in [0.1, 0.15) is 6.61 Å². The van der Waals surface area contributed by atoms with Crippen molar-refractivity contribution < 1.29 is 28.6 Å². The predicted octanol–water partition coefficient (Wildman–Crippen LogP) is 0.724. The lowest BCUT2D eigenvalue weighted by molar-refractivity contribution is -0.152. The molecule has 0 saturated heterocycles. The van der Waals surface area contributed by atoms with Crippen molar-refractivity contribution in [2.45, 2.75) is 27.7 Å². The summed E-state index contributed by atoms with van der Waals surface area (Å²) in [5, 5.41) is 0. The van der Waals surface area contributed by atoms with E-state index in [1.807, 2.05) is 6.92 Å². The van der Waals surface area contributed by atoms with E-state index >= 15 is 0 Å². The van der Waals surface area contributed by atoms with E-state index in [-0.39, 0.29) is 12.6 Å². The monoisotopic (exact) mass is 248 g/mol. The van der Waals surface area contributed by atoms with E-state index in [1.165, 1.54) is 13.8 Å². The molecule has 6 heteroatoms. The Bertz CT molecular complexity index is 236. The van der Waals surface area contributed by atoms with Gasteiger partial charge < -0.3 is 14.2 Å². The fourth-order valence-electron chi connectivity index (χ4n) is 0.621. The topological polar surface area (TPSA) is 78.9 Å². The van der Waals surface area contributed by atoms with Gasteiger partial charge in [0.2, 0.25) is 5.78 Å². The molecule has 0 unspecified atom stereocenters. The average Bonchev–Trinajstić information content (AvgIpc) is 2.25. The standard InChI is InChI=1S/C6H12O3.C5H8O3/c1-3-8-4-5-9-6(2)7;1-3-8-5(7)4(2)6/h3-5H2,1-2H3;3H2,1-2H3. The molecule has 0 N–H and O–H groups in total. The molecule has 0 aromatic heterocycles. The van der Waals surface area contributed by atoms with Crippen molar-refractivity contribution in [3.05, 3.63) is 0 Å². The van der Waals surface area contributed by atoms with E-state index in [0.717, 1.165) is 0 Å². The van der Waals surface area contributed by atoms with E-state index in [1.54, 1.807) is 6.92 Å². The van der Waals surface area contributed by atoms with Gasteiger partial charge in [-0.15, -0.1) is 0 Å². The first kappa shape index (κ1) is 17.9. The highest BCUT2D eigenvalue weighted by atomic mass is 16.6. The third-order valence-corrected chi connectivity index (χ3v) is 1.30. The number of esters is 2. The summed E-state index contributed by atoms with van der Waals surface area (Å²) in [6.07, 6.45) is 0. The number of ketones is 1. The second-order valence-electron chi connectivity index (χ2n) is 2.81. The Kier molecular flexibility index (Phi) is 13.3. The van der Waals surface area contributed by atoms with Crippen LogP contribution in [0.1, 0.15) is 27.7 Å². The summed E-state index contributed by atoms with van der Waals surface area (Å²) >= 11 is 0. The van der Waals surface area contributed by atoms with Crippen LogP contribution in [0.4, 0.5) is 0 Å². The highest BCUT2D eigenvalue weighted by Crippen LogP contribution is 1.78. The molecule has 0 aliphatic carbocycles. The van der Waals surface area contributed by atoms with Crippen LogP contribution in [-0.4, -0.2) is 44.1 Å². The smallest absolute Gasteiger partial charge is 0.374 e. The number of ether oxygens (including phenoxy) is 3. The molecular weight excluding hydrogens is 228 g/mol. The number of carbonyl (C=O) groups is 3. The van der Waals surface area contributed by atoms with Crippen LogP contribution in [0.15, 0.2) is 0 Å². The van der Waals surface area contributed by atoms with Gasteiger partial charge in [-0.05, 0) is 13.8 Å². The normalized spacial score (nSPS) is 8.71. The quantitative estimate of drug-likeness (QED) is 0.391. The summed E-state index contributed by atoms with van der Waals surface area (Å²) in [6, 6.07) is 0. The molecule has 6 nitrogen and oxygen atoms in total. The molecule has 0 aromatic rings. The first-order valence-electron chi connectivity index (χ1n) is 5.34. The van der Waals surface area contributed by atoms with Crippen molar-refractivity contribution in [3.63, 3.8) is 0 Å². The highest BCUT2D eigenvalue weighted by molar-refractivity contribution is 6.32. The molecule has 0 saturated carbocycles. The minimum absolute atomic E-state index is 0.255. The van der Waals surface area contributed by atoms with Crippen LogP contribution in [0.5, 0.6) is 0 Å². The molecule has 0 rings (SSSR count). The van der Waals surface area contributed by atoms with Gasteiger partial charge >= 0.3 is 11.9 Å². The van der Waals surface area contributed by atoms with Gasteiger partial charge in [-0.25, -0.2) is 4.79 Å². The summed E-state index contributed by atoms with van der Waals surface area (Å²) in [5.41, 5.74) is 0. The third-order valence-electron chi connectivity index (χ3n) is 1.30. The van der Waals surface area contributed by atoms with Crippen molar-refractivity contribution in [3.8, 4) is 0 Å². The van der Waals surface area contributed by atoms with Crippen LogP contribution in [0.2, 0.25) is 0 Å². The minimum atomic E-state index is -0.757. The number of rotatable bonds is 6. The molecule has 0 aliphatic heterocycles. The fraction of sp³-hybridized carbons (Fsp3) is 0.727. The van der Waals surface area contributed by atoms with Gasteiger partial charge in [0.05, 0.1) is 13.2 Å². The number of carbonyl (C=O) groups excluding carboxylic acids is 3. The van der Waals surface area contributed by atoms with Gasteiger partial charge in [-0.3, -0.25) is 9.59 Å². The Hall–Kier alpha value is -1.43. The summed E-state index contributed by atoms with van der Waals surface area (Å²) in [4.78, 5) is 30.4. The third kappa shape index (κ3) is 17.2. The van der Waals surface area contributed by atoms with Crippen molar-refractivity contribution in [1.82, 2.24) is 0 Å². The predicted molar refractivity (Wildman–Crippen MR) is 60.4 cm³/mol. The lowest BCUT2D eigenvalue weighted by Crippen LogP contribution is -2.12. The Balaban J connectivity index is 0. The average molecular weight is 248 g/mol. The van der Waals surface area contributed by atoms with E-state index in [9.17, 15) is 14.4 Å². The first-order chi connectivity index (χ1) is 7.95. The molecule has 0 atom stereocenters. The van der Waals surface area contributed by atoms with Gasteiger partial charge in [-0.2, -0.15) is 0 Å². The van der Waals surface area contributed by atoms with Crippen molar-refractivity contribution in [1.29, 1.82) is 0 Å². The molecule has 0 spiro atoms. The molecule has 0 amide bonds. The molecule has 100 valence electrons. The molecule has 0 fully saturated rings. The number of hydrogen-bond acceptors (Lipinski definition) is 6. The number of Topliss-reactive ketones (excluding diaryl/α,β-unsaturated/α-hetero) is 1. The van der Waals surface area contributed by atoms with Gasteiger partial charge in [0, 0.05) is 20.5 Å². The lowest BCUT2D eigenvalue weighted by atomic mass is 10.5. The van der Waals surface area contributed by atoms with Gasteiger partial charge in [0.25, 0.3) is 0 Å². The van der Waals surface area contributed by atoms with E-state index in [4.69, 9.17) is 4.74 Å². The van der Waals surface area contributed by atoms with Crippen molar-refractivity contribution in [2.75, 3.05) is 26.4 Å². The second-order valence-corrected chi connectivity index (χ2v) is 2.81. The van der Waals surface area contributed by atoms with Crippen LogP contribution < -0.4 is 0 Å². The van der Waals surface area contributed by atoms with Crippen LogP contribution in [0.25, 0.3) is 0 Å². The zero-order valence-corrected chi connectivity index (χ0v) is 10.8. The van der Waals surface area contributed by atoms with Gasteiger partial charge in [-0.1, -0.05) is 0 Å². The van der Waals surface area contributed by atoms with Crippen LogP contribution in [0, 0.1) is 0 Å². The molecule has 0 bridgehead atoms. The maximum absolute atomic E-state index is 10.2. The van der Waals surface area contributed by atoms with Crippen molar-refractivity contribution in [2.24, 2.45) is 0 Å². The molecular formula is C11H20O6. The molecule has 0 aliphatic rings. The summed E-state index contributed by atoms with van der Waals surface area (Å²) < 4.78 is 13.8. The van der Waals surface area contributed by atoms with Crippen LogP contribution >= 0.6 is 0 Å². The largest absolute Gasteiger partial charge is 0.463 e. The van der Waals surface area contributed by atoms with Gasteiger partial charge in [0.15, 0.2) is 0 Å². The van der Waals surface area contributed by atoms with E-state index in [0.29, 0.717) is 19.8 Å². The molecule has 0 heterocycles. The van der Waals surface area contributed by atoms with E-state index in [2.05, 4.69) is 9.47 Å². The summed E-state index contributed by atoms with van der Waals surface area (Å²) in [5.74, 6) is -1.56. The minimum Gasteiger partial charge on any atom is -0.463 e. The Morgan fingerprint density at radius 3 is 1.76 bits per heavy atom. The lowest BCUT2D eigenvalue weighted by Gasteiger charge is -1.99. The zero-order valence-electron chi connectivity index (χ0n) is 10.8. The zero-order chi connectivity index (χ0) is 13.7. The second kappa shape index (κ2) is 12.6. The molecule has 17 heavy (non-hydrogen) atoms.